The van der Waals surface area contributed by atoms with Gasteiger partial charge in [-0.25, -0.2) is 14.5 Å². The molecule has 1 amide bonds. The number of carbonyl (C=O) groups is 2. The Bertz CT molecular complexity index is 1120. The van der Waals surface area contributed by atoms with Crippen LogP contribution in [0.5, 0.6) is 0 Å². The average molecular weight is 410 g/mol. The molecule has 0 radical (unpaired) electrons. The SMILES string of the molecule is COC(=O)c1sccc1NC(=O)c1nc(-c2cccs2)n(-c2ccccc2)n1. The summed E-state index contributed by atoms with van der Waals surface area (Å²) in [5.41, 5.74) is 1.17. The Labute approximate surface area is 168 Å². The number of para-hydroxylation sites is 1. The first-order valence-corrected chi connectivity index (χ1v) is 9.97. The summed E-state index contributed by atoms with van der Waals surface area (Å²) < 4.78 is 6.37. The van der Waals surface area contributed by atoms with Crippen LogP contribution >= 0.6 is 22.7 Å². The van der Waals surface area contributed by atoms with Crippen molar-refractivity contribution in [2.24, 2.45) is 0 Å². The topological polar surface area (TPSA) is 86.1 Å². The molecule has 3 aromatic heterocycles. The highest BCUT2D eigenvalue weighted by atomic mass is 32.1. The lowest BCUT2D eigenvalue weighted by molar-refractivity contribution is 0.0607. The molecule has 0 bridgehead atoms. The zero-order chi connectivity index (χ0) is 19.5. The molecule has 0 saturated carbocycles. The van der Waals surface area contributed by atoms with Gasteiger partial charge in [0, 0.05) is 0 Å². The fourth-order valence-corrected chi connectivity index (χ4v) is 4.02. The number of rotatable bonds is 5. The number of carbonyl (C=O) groups excluding carboxylic acids is 2. The van der Waals surface area contributed by atoms with Crippen molar-refractivity contribution < 1.29 is 14.3 Å². The van der Waals surface area contributed by atoms with Crippen LogP contribution in [-0.2, 0) is 4.74 Å². The third-order valence-corrected chi connectivity index (χ3v) is 5.60. The van der Waals surface area contributed by atoms with Gasteiger partial charge in [0.2, 0.25) is 5.82 Å². The molecular weight excluding hydrogens is 396 g/mol. The summed E-state index contributed by atoms with van der Waals surface area (Å²) >= 11 is 2.70. The van der Waals surface area contributed by atoms with Gasteiger partial charge >= 0.3 is 5.97 Å². The van der Waals surface area contributed by atoms with Crippen LogP contribution in [-0.4, -0.2) is 33.8 Å². The highest BCUT2D eigenvalue weighted by molar-refractivity contribution is 7.13. The van der Waals surface area contributed by atoms with Gasteiger partial charge in [0.05, 0.1) is 23.4 Å². The predicted molar refractivity (Wildman–Crippen MR) is 108 cm³/mol. The highest BCUT2D eigenvalue weighted by Gasteiger charge is 2.22. The number of esters is 1. The smallest absolute Gasteiger partial charge is 0.350 e. The van der Waals surface area contributed by atoms with Gasteiger partial charge in [-0.1, -0.05) is 24.3 Å². The van der Waals surface area contributed by atoms with Gasteiger partial charge in [-0.15, -0.1) is 27.8 Å². The van der Waals surface area contributed by atoms with Crippen molar-refractivity contribution in [1.29, 1.82) is 0 Å². The molecule has 0 aliphatic rings. The molecule has 0 atom stereocenters. The lowest BCUT2D eigenvalue weighted by Gasteiger charge is -2.03. The van der Waals surface area contributed by atoms with Crippen LogP contribution in [0.25, 0.3) is 16.4 Å². The van der Waals surface area contributed by atoms with Crippen LogP contribution in [0.15, 0.2) is 59.3 Å². The molecule has 28 heavy (non-hydrogen) atoms. The Kier molecular flexibility index (Phi) is 5.00. The predicted octanol–water partition coefficient (Wildman–Crippen LogP) is 4.10. The molecule has 3 heterocycles. The van der Waals surface area contributed by atoms with E-state index < -0.39 is 11.9 Å². The minimum absolute atomic E-state index is 0.00858. The average Bonchev–Trinajstić information content (AvgIpc) is 3.47. The Hall–Kier alpha value is -3.30. The first kappa shape index (κ1) is 18.1. The summed E-state index contributed by atoms with van der Waals surface area (Å²) in [5, 5.41) is 10.7. The number of anilines is 1. The van der Waals surface area contributed by atoms with Crippen LogP contribution in [0.3, 0.4) is 0 Å². The summed E-state index contributed by atoms with van der Waals surface area (Å²) in [6.07, 6.45) is 0. The van der Waals surface area contributed by atoms with E-state index in [0.717, 1.165) is 10.6 Å². The molecule has 0 aliphatic carbocycles. The maximum atomic E-state index is 12.7. The zero-order valence-corrected chi connectivity index (χ0v) is 16.3. The summed E-state index contributed by atoms with van der Waals surface area (Å²) in [7, 11) is 1.30. The molecule has 0 spiro atoms. The fraction of sp³-hybridized carbons (Fsp3) is 0.0526. The van der Waals surface area contributed by atoms with Gasteiger partial charge < -0.3 is 10.1 Å². The normalized spacial score (nSPS) is 10.6. The van der Waals surface area contributed by atoms with Crippen molar-refractivity contribution in [2.45, 2.75) is 0 Å². The van der Waals surface area contributed by atoms with Crippen molar-refractivity contribution in [2.75, 3.05) is 12.4 Å². The quantitative estimate of drug-likeness (QED) is 0.501. The number of nitrogens with one attached hydrogen (secondary N) is 1. The summed E-state index contributed by atoms with van der Waals surface area (Å²) in [4.78, 5) is 30.2. The van der Waals surface area contributed by atoms with E-state index in [1.807, 2.05) is 47.8 Å². The van der Waals surface area contributed by atoms with E-state index in [-0.39, 0.29) is 5.82 Å². The number of hydrogen-bond donors (Lipinski definition) is 1. The molecule has 0 fully saturated rings. The molecule has 9 heteroatoms. The Morgan fingerprint density at radius 3 is 2.57 bits per heavy atom. The van der Waals surface area contributed by atoms with Gasteiger partial charge in [-0.05, 0) is 35.0 Å². The summed E-state index contributed by atoms with van der Waals surface area (Å²) in [6.45, 7) is 0. The minimum atomic E-state index is -0.507. The van der Waals surface area contributed by atoms with Gasteiger partial charge in [0.25, 0.3) is 5.91 Å². The largest absolute Gasteiger partial charge is 0.465 e. The Balaban J connectivity index is 1.70. The lowest BCUT2D eigenvalue weighted by Crippen LogP contribution is -2.16. The number of benzene rings is 1. The molecule has 0 saturated heterocycles. The van der Waals surface area contributed by atoms with Crippen LogP contribution in [0.2, 0.25) is 0 Å². The van der Waals surface area contributed by atoms with E-state index in [1.165, 1.54) is 29.8 Å². The standard InChI is InChI=1S/C19H14N4O3S2/c1-26-19(25)15-13(9-11-28-15)20-18(24)16-21-17(14-8-5-10-27-14)23(22-16)12-6-3-2-4-7-12/h2-11H,1H3,(H,20,24). The molecular formula is C19H14N4O3S2. The second-order valence-corrected chi connectivity index (χ2v) is 7.46. The third kappa shape index (κ3) is 3.45. The van der Waals surface area contributed by atoms with Crippen molar-refractivity contribution >= 4 is 40.2 Å². The van der Waals surface area contributed by atoms with Crippen LogP contribution in [0.1, 0.15) is 20.3 Å². The van der Waals surface area contributed by atoms with E-state index in [2.05, 4.69) is 15.4 Å². The number of aromatic nitrogens is 3. The maximum Gasteiger partial charge on any atom is 0.350 e. The van der Waals surface area contributed by atoms with Crippen molar-refractivity contribution in [3.05, 3.63) is 70.0 Å². The van der Waals surface area contributed by atoms with E-state index in [0.29, 0.717) is 16.4 Å². The van der Waals surface area contributed by atoms with Crippen LogP contribution in [0.4, 0.5) is 5.69 Å². The van der Waals surface area contributed by atoms with Crippen LogP contribution < -0.4 is 5.32 Å². The minimum Gasteiger partial charge on any atom is -0.465 e. The first-order valence-electron chi connectivity index (χ1n) is 8.21. The fourth-order valence-electron chi connectivity index (χ4n) is 2.56. The third-order valence-electron chi connectivity index (χ3n) is 3.84. The van der Waals surface area contributed by atoms with E-state index in [4.69, 9.17) is 4.74 Å². The molecule has 4 rings (SSSR count). The summed E-state index contributed by atoms with van der Waals surface area (Å²) in [5.74, 6) is -0.428. The van der Waals surface area contributed by atoms with Gasteiger partial charge in [0.15, 0.2) is 5.82 Å². The van der Waals surface area contributed by atoms with Crippen LogP contribution in [0, 0.1) is 0 Å². The van der Waals surface area contributed by atoms with E-state index in [1.54, 1.807) is 16.1 Å². The molecule has 140 valence electrons. The van der Waals surface area contributed by atoms with Gasteiger partial charge in [-0.2, -0.15) is 0 Å². The number of thiophene rings is 2. The molecule has 1 N–H and O–H groups in total. The number of hydrogen-bond acceptors (Lipinski definition) is 7. The molecule has 7 nitrogen and oxygen atoms in total. The lowest BCUT2D eigenvalue weighted by atomic mass is 10.3. The van der Waals surface area contributed by atoms with Crippen molar-refractivity contribution in [3.63, 3.8) is 0 Å². The molecule has 0 unspecified atom stereocenters. The van der Waals surface area contributed by atoms with Crippen molar-refractivity contribution in [1.82, 2.24) is 14.8 Å². The second-order valence-electron chi connectivity index (χ2n) is 5.59. The molecule has 1 aromatic carbocycles. The number of ether oxygens (including phenoxy) is 1. The molecule has 0 aliphatic heterocycles. The number of amides is 1. The second kappa shape index (κ2) is 7.75. The zero-order valence-electron chi connectivity index (χ0n) is 14.7. The monoisotopic (exact) mass is 410 g/mol. The molecule has 4 aromatic rings. The highest BCUT2D eigenvalue weighted by Crippen LogP contribution is 2.27. The Morgan fingerprint density at radius 1 is 1.04 bits per heavy atom. The summed E-state index contributed by atoms with van der Waals surface area (Å²) in [6, 6.07) is 14.9. The van der Waals surface area contributed by atoms with E-state index >= 15 is 0 Å². The van der Waals surface area contributed by atoms with Gasteiger partial charge in [-0.3, -0.25) is 4.79 Å². The Morgan fingerprint density at radius 2 is 1.86 bits per heavy atom. The van der Waals surface area contributed by atoms with E-state index in [9.17, 15) is 9.59 Å². The van der Waals surface area contributed by atoms with Gasteiger partial charge in [0.1, 0.15) is 4.88 Å². The maximum absolute atomic E-state index is 12.7. The number of nitrogens with zero attached hydrogens (tertiary/aromatic N) is 3. The first-order chi connectivity index (χ1) is 13.7. The number of methoxy groups -OCH3 is 1. The van der Waals surface area contributed by atoms with Crippen molar-refractivity contribution in [3.8, 4) is 16.4 Å².